The molecule has 0 unspecified atom stereocenters. The van der Waals surface area contributed by atoms with Gasteiger partial charge in [-0.25, -0.2) is 9.37 Å². The number of carbonyl (C=O) groups excluding carboxylic acids is 1. The summed E-state index contributed by atoms with van der Waals surface area (Å²) in [5.74, 6) is -0.210. The van der Waals surface area contributed by atoms with Crippen LogP contribution in [0.3, 0.4) is 0 Å². The lowest BCUT2D eigenvalue weighted by atomic mass is 10.2. The Balaban J connectivity index is 2.21. The Labute approximate surface area is 117 Å². The number of nitrogens with zero attached hydrogens (tertiary/aromatic N) is 1. The molecule has 4 nitrogen and oxygen atoms in total. The average Bonchev–Trinajstić information content (AvgIpc) is 2.38. The van der Waals surface area contributed by atoms with E-state index in [1.807, 2.05) is 13.8 Å². The van der Waals surface area contributed by atoms with E-state index in [2.05, 4.69) is 15.6 Å². The lowest BCUT2D eigenvalue weighted by Crippen LogP contribution is -2.18. The quantitative estimate of drug-likeness (QED) is 0.898. The van der Waals surface area contributed by atoms with Crippen LogP contribution in [-0.2, 0) is 0 Å². The maximum Gasteiger partial charge on any atom is 0.259 e. The monoisotopic (exact) mass is 273 g/mol. The number of hydrogen-bond donors (Lipinski definition) is 2. The van der Waals surface area contributed by atoms with E-state index in [0.29, 0.717) is 17.1 Å². The second kappa shape index (κ2) is 6.14. The van der Waals surface area contributed by atoms with Gasteiger partial charge in [0.1, 0.15) is 11.6 Å². The summed E-state index contributed by atoms with van der Waals surface area (Å²) in [5, 5.41) is 5.76. The van der Waals surface area contributed by atoms with E-state index in [1.165, 1.54) is 12.1 Å². The fourth-order valence-corrected chi connectivity index (χ4v) is 1.74. The Hall–Kier alpha value is -2.43. The zero-order valence-corrected chi connectivity index (χ0v) is 11.4. The summed E-state index contributed by atoms with van der Waals surface area (Å²) in [4.78, 5) is 16.4. The van der Waals surface area contributed by atoms with Gasteiger partial charge in [-0.05, 0) is 44.2 Å². The van der Waals surface area contributed by atoms with Crippen LogP contribution in [0.25, 0.3) is 0 Å². The molecular weight excluding hydrogens is 257 g/mol. The molecule has 2 N–H and O–H groups in total. The molecule has 1 aromatic carbocycles. The summed E-state index contributed by atoms with van der Waals surface area (Å²) in [6.45, 7) is 3.92. The molecule has 0 aliphatic rings. The lowest BCUT2D eigenvalue weighted by molar-refractivity contribution is 0.102. The number of carbonyl (C=O) groups is 1. The Morgan fingerprint density at radius 1 is 1.25 bits per heavy atom. The third-order valence-corrected chi connectivity index (χ3v) is 2.56. The van der Waals surface area contributed by atoms with E-state index in [0.717, 1.165) is 0 Å². The van der Waals surface area contributed by atoms with Crippen molar-refractivity contribution in [3.63, 3.8) is 0 Å². The van der Waals surface area contributed by atoms with Gasteiger partial charge >= 0.3 is 0 Å². The largest absolute Gasteiger partial charge is 0.367 e. The first-order chi connectivity index (χ1) is 9.56. The molecule has 0 fully saturated rings. The van der Waals surface area contributed by atoms with Crippen molar-refractivity contribution in [3.8, 4) is 0 Å². The molecule has 1 amide bonds. The molecule has 2 rings (SSSR count). The highest BCUT2D eigenvalue weighted by atomic mass is 19.1. The molecule has 1 aromatic heterocycles. The van der Waals surface area contributed by atoms with Gasteiger partial charge in [-0.2, -0.15) is 0 Å². The number of halogens is 1. The SMILES string of the molecule is CC(C)Nc1ncccc1C(=O)Nc1cccc(F)c1. The number of aromatic nitrogens is 1. The molecular formula is C15H16FN3O. The van der Waals surface area contributed by atoms with Gasteiger partial charge in [0, 0.05) is 17.9 Å². The van der Waals surface area contributed by atoms with Crippen molar-refractivity contribution in [2.45, 2.75) is 19.9 Å². The third kappa shape index (κ3) is 3.54. The molecule has 20 heavy (non-hydrogen) atoms. The van der Waals surface area contributed by atoms with E-state index in [1.54, 1.807) is 30.5 Å². The standard InChI is InChI=1S/C15H16FN3O/c1-10(2)18-14-13(7-4-8-17-14)15(20)19-12-6-3-5-11(16)9-12/h3-10H,1-2H3,(H,17,18)(H,19,20). The normalized spacial score (nSPS) is 10.4. The van der Waals surface area contributed by atoms with Gasteiger partial charge in [0.25, 0.3) is 5.91 Å². The summed E-state index contributed by atoms with van der Waals surface area (Å²) >= 11 is 0. The number of nitrogens with one attached hydrogen (secondary N) is 2. The minimum atomic E-state index is -0.394. The van der Waals surface area contributed by atoms with Crippen LogP contribution in [0.5, 0.6) is 0 Å². The predicted octanol–water partition coefficient (Wildman–Crippen LogP) is 3.29. The van der Waals surface area contributed by atoms with Crippen LogP contribution in [0.4, 0.5) is 15.9 Å². The molecule has 0 spiro atoms. The molecule has 0 aliphatic heterocycles. The minimum Gasteiger partial charge on any atom is -0.367 e. The summed E-state index contributed by atoms with van der Waals surface area (Å²) in [6, 6.07) is 9.28. The number of hydrogen-bond acceptors (Lipinski definition) is 3. The van der Waals surface area contributed by atoms with Gasteiger partial charge in [-0.15, -0.1) is 0 Å². The first-order valence-corrected chi connectivity index (χ1v) is 6.34. The second-order valence-electron chi connectivity index (χ2n) is 4.66. The summed E-state index contributed by atoms with van der Waals surface area (Å²) in [6.07, 6.45) is 1.61. The number of rotatable bonds is 4. The van der Waals surface area contributed by atoms with E-state index < -0.39 is 5.82 Å². The van der Waals surface area contributed by atoms with Crippen LogP contribution in [0, 0.1) is 5.82 Å². The van der Waals surface area contributed by atoms with Crippen LogP contribution in [0.2, 0.25) is 0 Å². The zero-order valence-electron chi connectivity index (χ0n) is 11.4. The van der Waals surface area contributed by atoms with Crippen LogP contribution in [0.15, 0.2) is 42.6 Å². The van der Waals surface area contributed by atoms with E-state index >= 15 is 0 Å². The molecule has 1 heterocycles. The predicted molar refractivity (Wildman–Crippen MR) is 77.3 cm³/mol. The van der Waals surface area contributed by atoms with Crippen molar-refractivity contribution in [1.29, 1.82) is 0 Å². The molecule has 0 bridgehead atoms. The van der Waals surface area contributed by atoms with Gasteiger partial charge in [0.05, 0.1) is 5.56 Å². The Kier molecular flexibility index (Phi) is 4.30. The molecule has 104 valence electrons. The Morgan fingerprint density at radius 2 is 2.05 bits per heavy atom. The summed E-state index contributed by atoms with van der Waals surface area (Å²) < 4.78 is 13.1. The average molecular weight is 273 g/mol. The van der Waals surface area contributed by atoms with E-state index in [9.17, 15) is 9.18 Å². The summed E-state index contributed by atoms with van der Waals surface area (Å²) in [7, 11) is 0. The fourth-order valence-electron chi connectivity index (χ4n) is 1.74. The Bertz CT molecular complexity index is 614. The smallest absolute Gasteiger partial charge is 0.259 e. The molecule has 2 aromatic rings. The topological polar surface area (TPSA) is 54.0 Å². The van der Waals surface area contributed by atoms with Crippen LogP contribution >= 0.6 is 0 Å². The van der Waals surface area contributed by atoms with Gasteiger partial charge in [0.2, 0.25) is 0 Å². The molecule has 0 radical (unpaired) electrons. The zero-order chi connectivity index (χ0) is 14.5. The first-order valence-electron chi connectivity index (χ1n) is 6.34. The van der Waals surface area contributed by atoms with Crippen molar-refractivity contribution < 1.29 is 9.18 Å². The van der Waals surface area contributed by atoms with Crippen LogP contribution in [-0.4, -0.2) is 16.9 Å². The molecule has 0 saturated carbocycles. The highest BCUT2D eigenvalue weighted by Crippen LogP contribution is 2.16. The van der Waals surface area contributed by atoms with Gasteiger partial charge in [-0.1, -0.05) is 6.07 Å². The first kappa shape index (κ1) is 14.0. The molecule has 0 aliphatic carbocycles. The number of amides is 1. The van der Waals surface area contributed by atoms with Crippen molar-refractivity contribution in [3.05, 3.63) is 54.0 Å². The van der Waals surface area contributed by atoms with Gasteiger partial charge < -0.3 is 10.6 Å². The van der Waals surface area contributed by atoms with Crippen molar-refractivity contribution >= 4 is 17.4 Å². The van der Waals surface area contributed by atoms with Crippen LogP contribution in [0.1, 0.15) is 24.2 Å². The number of anilines is 2. The second-order valence-corrected chi connectivity index (χ2v) is 4.66. The molecule has 0 saturated heterocycles. The van der Waals surface area contributed by atoms with Gasteiger partial charge in [-0.3, -0.25) is 4.79 Å². The molecule has 5 heteroatoms. The van der Waals surface area contributed by atoms with E-state index in [4.69, 9.17) is 0 Å². The third-order valence-electron chi connectivity index (χ3n) is 2.56. The molecule has 0 atom stereocenters. The Morgan fingerprint density at radius 3 is 2.75 bits per heavy atom. The highest BCUT2D eigenvalue weighted by Gasteiger charge is 2.13. The lowest BCUT2D eigenvalue weighted by Gasteiger charge is -2.13. The fraction of sp³-hybridized carbons (Fsp3) is 0.200. The highest BCUT2D eigenvalue weighted by molar-refractivity contribution is 6.07. The van der Waals surface area contributed by atoms with Crippen molar-refractivity contribution in [1.82, 2.24) is 4.98 Å². The van der Waals surface area contributed by atoms with Crippen molar-refractivity contribution in [2.75, 3.05) is 10.6 Å². The maximum absolute atomic E-state index is 13.1. The minimum absolute atomic E-state index is 0.158. The summed E-state index contributed by atoms with van der Waals surface area (Å²) in [5.41, 5.74) is 0.833. The van der Waals surface area contributed by atoms with Crippen LogP contribution < -0.4 is 10.6 Å². The number of pyridine rings is 1. The van der Waals surface area contributed by atoms with E-state index in [-0.39, 0.29) is 11.9 Å². The van der Waals surface area contributed by atoms with Crippen molar-refractivity contribution in [2.24, 2.45) is 0 Å². The van der Waals surface area contributed by atoms with Gasteiger partial charge in [0.15, 0.2) is 0 Å². The number of benzene rings is 1. The maximum atomic E-state index is 13.1.